The Labute approximate surface area is 106 Å². The molecule has 0 aliphatic heterocycles. The number of rotatable bonds is 3. The Morgan fingerprint density at radius 1 is 1.65 bits per heavy atom. The van der Waals surface area contributed by atoms with Gasteiger partial charge in [-0.25, -0.2) is 0 Å². The second-order valence-corrected chi connectivity index (χ2v) is 6.35. The maximum atomic E-state index is 4.06. The normalized spacial score (nSPS) is 39.6. The third kappa shape index (κ3) is 2.03. The molecule has 2 aliphatic rings. The summed E-state index contributed by atoms with van der Waals surface area (Å²) in [6.07, 6.45) is 7.50. The third-order valence-corrected chi connectivity index (χ3v) is 5.24. The minimum atomic E-state index is 0.467. The highest BCUT2D eigenvalue weighted by atomic mass is 14.5. The van der Waals surface area contributed by atoms with Gasteiger partial charge in [-0.1, -0.05) is 63.1 Å². The minimum absolute atomic E-state index is 0.467. The lowest BCUT2D eigenvalue weighted by Gasteiger charge is -2.39. The van der Waals surface area contributed by atoms with Crippen LogP contribution in [0.2, 0.25) is 0 Å². The number of hydrogen-bond donors (Lipinski definition) is 0. The molecule has 4 atom stereocenters. The number of hydrogen-bond acceptors (Lipinski definition) is 0. The maximum absolute atomic E-state index is 4.06. The average Bonchev–Trinajstić information content (AvgIpc) is 3.05. The van der Waals surface area contributed by atoms with Gasteiger partial charge < -0.3 is 0 Å². The van der Waals surface area contributed by atoms with Crippen LogP contribution in [0.25, 0.3) is 0 Å². The summed E-state index contributed by atoms with van der Waals surface area (Å²) in [5.41, 5.74) is 5.10. The summed E-state index contributed by atoms with van der Waals surface area (Å²) >= 11 is 0. The lowest BCUT2D eigenvalue weighted by molar-refractivity contribution is 0.226. The van der Waals surface area contributed by atoms with Crippen molar-refractivity contribution in [1.82, 2.24) is 0 Å². The van der Waals surface area contributed by atoms with E-state index in [1.165, 1.54) is 18.4 Å². The largest absolute Gasteiger partial charge is 0.0996 e. The van der Waals surface area contributed by atoms with Crippen molar-refractivity contribution in [3.8, 4) is 0 Å². The van der Waals surface area contributed by atoms with Gasteiger partial charge in [-0.2, -0.15) is 0 Å². The Hall–Kier alpha value is -0.780. The van der Waals surface area contributed by atoms with Gasteiger partial charge in [0.2, 0.25) is 0 Å². The van der Waals surface area contributed by atoms with Crippen LogP contribution < -0.4 is 0 Å². The molecule has 0 radical (unpaired) electrons. The molecule has 0 amide bonds. The topological polar surface area (TPSA) is 0 Å². The fraction of sp³-hybridized carbons (Fsp3) is 0.647. The third-order valence-electron chi connectivity index (χ3n) is 5.24. The maximum Gasteiger partial charge on any atom is 0.0196 e. The van der Waals surface area contributed by atoms with Crippen LogP contribution in [0.5, 0.6) is 0 Å². The van der Waals surface area contributed by atoms with Crippen molar-refractivity contribution in [3.05, 3.63) is 35.5 Å². The highest BCUT2D eigenvalue weighted by Gasteiger charge is 2.48. The van der Waals surface area contributed by atoms with Gasteiger partial charge in [-0.15, -0.1) is 0 Å². The van der Waals surface area contributed by atoms with Gasteiger partial charge in [-0.05, 0) is 37.0 Å². The van der Waals surface area contributed by atoms with Crippen molar-refractivity contribution in [2.75, 3.05) is 0 Å². The van der Waals surface area contributed by atoms with E-state index in [4.69, 9.17) is 0 Å². The van der Waals surface area contributed by atoms with Crippen molar-refractivity contribution in [1.29, 1.82) is 0 Å². The van der Waals surface area contributed by atoms with Crippen molar-refractivity contribution in [2.24, 2.45) is 23.2 Å². The zero-order valence-electron chi connectivity index (χ0n) is 12.0. The van der Waals surface area contributed by atoms with Crippen LogP contribution >= 0.6 is 0 Å². The van der Waals surface area contributed by atoms with Gasteiger partial charge in [0.25, 0.3) is 0 Å². The van der Waals surface area contributed by atoms with Crippen molar-refractivity contribution >= 4 is 0 Å². The van der Waals surface area contributed by atoms with E-state index in [9.17, 15) is 0 Å². The Morgan fingerprint density at radius 3 is 2.82 bits per heavy atom. The average molecular weight is 230 g/mol. The molecule has 2 rings (SSSR count). The van der Waals surface area contributed by atoms with Gasteiger partial charge in [0.05, 0.1) is 0 Å². The summed E-state index contributed by atoms with van der Waals surface area (Å²) < 4.78 is 0. The monoisotopic (exact) mass is 230 g/mol. The first-order chi connectivity index (χ1) is 7.90. The fourth-order valence-electron chi connectivity index (χ4n) is 3.16. The second-order valence-electron chi connectivity index (χ2n) is 6.35. The molecule has 0 nitrogen and oxygen atoms in total. The van der Waals surface area contributed by atoms with E-state index in [0.717, 1.165) is 5.92 Å². The molecule has 0 aromatic carbocycles. The molecular formula is C17H26. The van der Waals surface area contributed by atoms with Crippen LogP contribution in [0.4, 0.5) is 0 Å². The van der Waals surface area contributed by atoms with E-state index in [0.29, 0.717) is 17.3 Å². The van der Waals surface area contributed by atoms with E-state index >= 15 is 0 Å². The van der Waals surface area contributed by atoms with Crippen LogP contribution in [0.1, 0.15) is 47.5 Å². The molecule has 0 spiro atoms. The molecule has 1 fully saturated rings. The molecule has 2 aliphatic carbocycles. The van der Waals surface area contributed by atoms with Gasteiger partial charge >= 0.3 is 0 Å². The van der Waals surface area contributed by atoms with Crippen LogP contribution in [0.3, 0.4) is 0 Å². The van der Waals surface area contributed by atoms with Gasteiger partial charge in [0.1, 0.15) is 0 Å². The highest BCUT2D eigenvalue weighted by molar-refractivity contribution is 5.48. The van der Waals surface area contributed by atoms with E-state index in [1.54, 1.807) is 11.1 Å². The van der Waals surface area contributed by atoms with Crippen LogP contribution in [-0.4, -0.2) is 0 Å². The Morgan fingerprint density at radius 2 is 2.29 bits per heavy atom. The quantitative estimate of drug-likeness (QED) is 0.589. The van der Waals surface area contributed by atoms with E-state index < -0.39 is 0 Å². The number of fused-ring (bicyclic) bond motifs is 1. The second kappa shape index (κ2) is 4.15. The summed E-state index contributed by atoms with van der Waals surface area (Å²) in [6.45, 7) is 15.6. The lowest BCUT2D eigenvalue weighted by Crippen LogP contribution is -2.29. The molecular weight excluding hydrogens is 204 g/mol. The summed E-state index contributed by atoms with van der Waals surface area (Å²) in [4.78, 5) is 0. The molecule has 0 bridgehead atoms. The molecule has 1 unspecified atom stereocenters. The molecule has 0 saturated heterocycles. The molecule has 0 N–H and O–H groups in total. The Balaban J connectivity index is 2.17. The Bertz CT molecular complexity index is 396. The van der Waals surface area contributed by atoms with Crippen LogP contribution in [0, 0.1) is 23.2 Å². The van der Waals surface area contributed by atoms with Gasteiger partial charge in [-0.3, -0.25) is 0 Å². The first-order valence-corrected chi connectivity index (χ1v) is 6.98. The number of allylic oxidation sites excluding steroid dienone is 5. The zero-order valence-corrected chi connectivity index (χ0v) is 12.0. The Kier molecular flexibility index (Phi) is 3.10. The summed E-state index contributed by atoms with van der Waals surface area (Å²) in [6, 6.07) is 0. The van der Waals surface area contributed by atoms with Crippen LogP contribution in [0.15, 0.2) is 35.5 Å². The fourth-order valence-corrected chi connectivity index (χ4v) is 3.16. The van der Waals surface area contributed by atoms with E-state index in [2.05, 4.69) is 53.3 Å². The minimum Gasteiger partial charge on any atom is -0.0996 e. The molecule has 0 aromatic rings. The summed E-state index contributed by atoms with van der Waals surface area (Å²) in [5.74, 6) is 2.01. The highest BCUT2D eigenvalue weighted by Crippen LogP contribution is 2.59. The standard InChI is InChI=1S/C17H26/c1-7-17(6)13(5)9-14(15-10-16(15)17)8-12(4)11(2)3/h8,10,12-13,15H,2,7,9H2,1,3-6H3/b14-8-/t12-,13+,15?,17-/m0/s1. The van der Waals surface area contributed by atoms with Gasteiger partial charge in [0, 0.05) is 5.92 Å². The molecule has 0 heteroatoms. The summed E-state index contributed by atoms with van der Waals surface area (Å²) in [7, 11) is 0. The predicted octanol–water partition coefficient (Wildman–Crippen LogP) is 5.14. The summed E-state index contributed by atoms with van der Waals surface area (Å²) in [5, 5.41) is 0. The van der Waals surface area contributed by atoms with Crippen molar-refractivity contribution < 1.29 is 0 Å². The van der Waals surface area contributed by atoms with E-state index in [1.807, 2.05) is 0 Å². The van der Waals surface area contributed by atoms with E-state index in [-0.39, 0.29) is 0 Å². The van der Waals surface area contributed by atoms with Crippen molar-refractivity contribution in [3.63, 3.8) is 0 Å². The molecule has 17 heavy (non-hydrogen) atoms. The smallest absolute Gasteiger partial charge is 0.0196 e. The first-order valence-electron chi connectivity index (χ1n) is 6.98. The first kappa shape index (κ1) is 12.7. The molecule has 1 saturated carbocycles. The van der Waals surface area contributed by atoms with Gasteiger partial charge in [0.15, 0.2) is 0 Å². The zero-order chi connectivity index (χ0) is 12.8. The SMILES string of the molecule is C=C(C)[C@@H](C)/C=C1/C[C@@H](C)[C@](C)(CC)C2=CC21. The molecule has 0 heterocycles. The van der Waals surface area contributed by atoms with Crippen LogP contribution in [-0.2, 0) is 0 Å². The predicted molar refractivity (Wildman–Crippen MR) is 75.8 cm³/mol. The van der Waals surface area contributed by atoms with Crippen molar-refractivity contribution in [2.45, 2.75) is 47.5 Å². The molecule has 0 aromatic heterocycles. The molecule has 94 valence electrons. The lowest BCUT2D eigenvalue weighted by atomic mass is 9.65.